The smallest absolute Gasteiger partial charge is 0.317 e. The quantitative estimate of drug-likeness (QED) is 0.686. The zero-order valence-corrected chi connectivity index (χ0v) is 9.89. The fourth-order valence-electron chi connectivity index (χ4n) is 2.26. The van der Waals surface area contributed by atoms with Gasteiger partial charge >= 0.3 is 6.03 Å². The van der Waals surface area contributed by atoms with Crippen LogP contribution in [-0.4, -0.2) is 61.3 Å². The van der Waals surface area contributed by atoms with E-state index in [0.29, 0.717) is 32.8 Å². The molecule has 6 heteroatoms. The Morgan fingerprint density at radius 3 is 2.88 bits per heavy atom. The number of likely N-dealkylation sites (tertiary alicyclic amines) is 1. The van der Waals surface area contributed by atoms with Crippen LogP contribution >= 0.6 is 0 Å². The molecule has 0 radical (unpaired) electrons. The fraction of sp³-hybridized carbons (Fsp3) is 0.818. The van der Waals surface area contributed by atoms with Crippen LogP contribution in [0.25, 0.3) is 0 Å². The number of nitrogens with zero attached hydrogens (tertiary/aromatic N) is 3. The third-order valence-electron chi connectivity index (χ3n) is 3.29. The van der Waals surface area contributed by atoms with Gasteiger partial charge in [-0.25, -0.2) is 4.79 Å². The van der Waals surface area contributed by atoms with E-state index in [1.807, 2.05) is 0 Å². The average molecular weight is 238 g/mol. The Labute approximate surface area is 101 Å². The normalized spacial score (nSPS) is 24.5. The van der Waals surface area contributed by atoms with Crippen LogP contribution in [0.2, 0.25) is 0 Å². The van der Waals surface area contributed by atoms with Gasteiger partial charge in [0, 0.05) is 26.2 Å². The van der Waals surface area contributed by atoms with Crippen molar-refractivity contribution in [2.24, 2.45) is 0 Å². The van der Waals surface area contributed by atoms with E-state index in [2.05, 4.69) is 11.5 Å². The monoisotopic (exact) mass is 238 g/mol. The van der Waals surface area contributed by atoms with E-state index >= 15 is 0 Å². The van der Waals surface area contributed by atoms with Crippen LogP contribution in [0.1, 0.15) is 12.8 Å². The molecule has 17 heavy (non-hydrogen) atoms. The highest BCUT2D eigenvalue weighted by Gasteiger charge is 2.24. The first-order valence-corrected chi connectivity index (χ1v) is 6.08. The van der Waals surface area contributed by atoms with Crippen LogP contribution in [0, 0.1) is 11.5 Å². The Bertz CT molecular complexity index is 309. The summed E-state index contributed by atoms with van der Waals surface area (Å²) in [6, 6.07) is 0.128. The second-order valence-electron chi connectivity index (χ2n) is 4.37. The molecule has 94 valence electrons. The molecule has 1 N–H and O–H groups in total. The van der Waals surface area contributed by atoms with Crippen molar-refractivity contribution in [1.29, 1.82) is 5.26 Å². The fourth-order valence-corrected chi connectivity index (χ4v) is 2.26. The molecule has 0 aromatic carbocycles. The van der Waals surface area contributed by atoms with Crippen LogP contribution in [0.15, 0.2) is 0 Å². The van der Waals surface area contributed by atoms with Gasteiger partial charge in [0.25, 0.3) is 0 Å². The number of carbonyl (C=O) groups excluding carboxylic acids is 1. The maximum absolute atomic E-state index is 11.8. The average Bonchev–Trinajstić information content (AvgIpc) is 2.84. The lowest BCUT2D eigenvalue weighted by Gasteiger charge is -2.28. The van der Waals surface area contributed by atoms with Crippen molar-refractivity contribution < 1.29 is 9.53 Å². The maximum Gasteiger partial charge on any atom is 0.317 e. The molecule has 0 spiro atoms. The van der Waals surface area contributed by atoms with Gasteiger partial charge in [0.2, 0.25) is 0 Å². The molecule has 2 aliphatic heterocycles. The number of rotatable bonds is 2. The molecule has 0 aliphatic carbocycles. The zero-order chi connectivity index (χ0) is 12.1. The number of ether oxygens (including phenoxy) is 1. The summed E-state index contributed by atoms with van der Waals surface area (Å²) in [5.74, 6) is 0. The van der Waals surface area contributed by atoms with Crippen LogP contribution < -0.4 is 5.32 Å². The molecular formula is C11H18N4O2. The van der Waals surface area contributed by atoms with Crippen molar-refractivity contribution in [3.8, 4) is 6.19 Å². The van der Waals surface area contributed by atoms with Crippen molar-refractivity contribution in [3.05, 3.63) is 0 Å². The van der Waals surface area contributed by atoms with Crippen LogP contribution in [-0.2, 0) is 4.74 Å². The molecule has 6 nitrogen and oxygen atoms in total. The minimum atomic E-state index is -0.0434. The number of carbonyl (C=O) groups is 1. The number of morpholine rings is 1. The summed E-state index contributed by atoms with van der Waals surface area (Å²) in [7, 11) is 0. The maximum atomic E-state index is 11.8. The molecule has 2 aliphatic rings. The number of nitriles is 1. The third-order valence-corrected chi connectivity index (χ3v) is 3.29. The Balaban J connectivity index is 1.74. The van der Waals surface area contributed by atoms with Crippen molar-refractivity contribution in [2.45, 2.75) is 18.9 Å². The van der Waals surface area contributed by atoms with Gasteiger partial charge in [0.05, 0.1) is 19.3 Å². The van der Waals surface area contributed by atoms with Gasteiger partial charge in [-0.15, -0.1) is 0 Å². The molecule has 0 unspecified atom stereocenters. The summed E-state index contributed by atoms with van der Waals surface area (Å²) in [5, 5.41) is 11.8. The molecule has 1 atom stereocenters. The SMILES string of the molecule is N#CN1CCC[C@@H]1CNC(=O)N1CCOCC1. The van der Waals surface area contributed by atoms with Gasteiger partial charge in [-0.2, -0.15) is 5.26 Å². The molecule has 0 saturated carbocycles. The first kappa shape index (κ1) is 12.0. The molecule has 0 aromatic rings. The lowest BCUT2D eigenvalue weighted by molar-refractivity contribution is 0.0529. The molecule has 0 aromatic heterocycles. The van der Waals surface area contributed by atoms with Crippen LogP contribution in [0.3, 0.4) is 0 Å². The Morgan fingerprint density at radius 1 is 1.41 bits per heavy atom. The Kier molecular flexibility index (Phi) is 4.04. The standard InChI is InChI=1S/C11H18N4O2/c12-9-15-3-1-2-10(15)8-13-11(16)14-4-6-17-7-5-14/h10H,1-8H2,(H,13,16)/t10-/m1/s1. The first-order valence-electron chi connectivity index (χ1n) is 6.08. The van der Waals surface area contributed by atoms with Gasteiger partial charge in [-0.05, 0) is 12.8 Å². The van der Waals surface area contributed by atoms with Crippen molar-refractivity contribution in [3.63, 3.8) is 0 Å². The first-order chi connectivity index (χ1) is 8.31. The second kappa shape index (κ2) is 5.73. The molecule has 2 saturated heterocycles. The van der Waals surface area contributed by atoms with Gasteiger partial charge < -0.3 is 19.9 Å². The molecule has 2 amide bonds. The lowest BCUT2D eigenvalue weighted by Crippen LogP contribution is -2.48. The van der Waals surface area contributed by atoms with E-state index in [-0.39, 0.29) is 12.1 Å². The minimum absolute atomic E-state index is 0.0434. The number of nitrogens with one attached hydrogen (secondary N) is 1. The van der Waals surface area contributed by atoms with Crippen LogP contribution in [0.4, 0.5) is 4.79 Å². The van der Waals surface area contributed by atoms with Crippen LogP contribution in [0.5, 0.6) is 0 Å². The van der Waals surface area contributed by atoms with E-state index < -0.39 is 0 Å². The Hall–Kier alpha value is -1.48. The molecule has 2 heterocycles. The summed E-state index contributed by atoms with van der Waals surface area (Å²) in [5.41, 5.74) is 0. The second-order valence-corrected chi connectivity index (χ2v) is 4.37. The van der Waals surface area contributed by atoms with E-state index in [0.717, 1.165) is 19.4 Å². The Morgan fingerprint density at radius 2 is 2.18 bits per heavy atom. The van der Waals surface area contributed by atoms with Crippen molar-refractivity contribution >= 4 is 6.03 Å². The van der Waals surface area contributed by atoms with E-state index in [4.69, 9.17) is 10.00 Å². The summed E-state index contributed by atoms with van der Waals surface area (Å²) >= 11 is 0. The number of amides is 2. The topological polar surface area (TPSA) is 68.6 Å². The molecular weight excluding hydrogens is 220 g/mol. The summed E-state index contributed by atoms with van der Waals surface area (Å²) in [6.45, 7) is 3.90. The largest absolute Gasteiger partial charge is 0.378 e. The highest BCUT2D eigenvalue weighted by Crippen LogP contribution is 2.14. The number of urea groups is 1. The van der Waals surface area contributed by atoms with Crippen molar-refractivity contribution in [1.82, 2.24) is 15.1 Å². The van der Waals surface area contributed by atoms with Crippen molar-refractivity contribution in [2.75, 3.05) is 39.4 Å². The lowest BCUT2D eigenvalue weighted by atomic mass is 10.2. The number of hydrogen-bond acceptors (Lipinski definition) is 4. The van der Waals surface area contributed by atoms with Gasteiger partial charge in [0.1, 0.15) is 0 Å². The minimum Gasteiger partial charge on any atom is -0.378 e. The van der Waals surface area contributed by atoms with E-state index in [9.17, 15) is 4.79 Å². The third kappa shape index (κ3) is 3.01. The summed E-state index contributed by atoms with van der Waals surface area (Å²) in [6.07, 6.45) is 4.18. The summed E-state index contributed by atoms with van der Waals surface area (Å²) < 4.78 is 5.19. The van der Waals surface area contributed by atoms with Gasteiger partial charge in [0.15, 0.2) is 6.19 Å². The predicted molar refractivity (Wildman–Crippen MR) is 61.1 cm³/mol. The highest BCUT2D eigenvalue weighted by molar-refractivity contribution is 5.74. The predicted octanol–water partition coefficient (Wildman–Crippen LogP) is -0.0263. The van der Waals surface area contributed by atoms with Gasteiger partial charge in [-0.1, -0.05) is 0 Å². The molecule has 0 bridgehead atoms. The van der Waals surface area contributed by atoms with Gasteiger partial charge in [-0.3, -0.25) is 0 Å². The van der Waals surface area contributed by atoms with E-state index in [1.165, 1.54) is 0 Å². The molecule has 2 rings (SSSR count). The number of hydrogen-bond donors (Lipinski definition) is 1. The summed E-state index contributed by atoms with van der Waals surface area (Å²) in [4.78, 5) is 15.3. The zero-order valence-electron chi connectivity index (χ0n) is 9.89. The molecule has 2 fully saturated rings. The van der Waals surface area contributed by atoms with E-state index in [1.54, 1.807) is 9.80 Å². The highest BCUT2D eigenvalue weighted by atomic mass is 16.5.